The van der Waals surface area contributed by atoms with Crippen LogP contribution in [0.1, 0.15) is 43.2 Å². The van der Waals surface area contributed by atoms with Gasteiger partial charge in [-0.15, -0.1) is 11.8 Å². The largest absolute Gasteiger partial charge is 0.303 e. The first-order chi connectivity index (χ1) is 9.74. The summed E-state index contributed by atoms with van der Waals surface area (Å²) in [5, 5.41) is 0. The Morgan fingerprint density at radius 3 is 3.00 bits per heavy atom. The molecular formula is C18H25NS. The highest BCUT2D eigenvalue weighted by Gasteiger charge is 2.52. The zero-order chi connectivity index (χ0) is 13.7. The van der Waals surface area contributed by atoms with E-state index in [0.717, 1.165) is 12.0 Å². The molecule has 1 aromatic carbocycles. The topological polar surface area (TPSA) is 3.24 Å². The Morgan fingerprint density at radius 2 is 2.15 bits per heavy atom. The van der Waals surface area contributed by atoms with E-state index in [0.29, 0.717) is 5.41 Å². The molecule has 2 bridgehead atoms. The second kappa shape index (κ2) is 4.78. The van der Waals surface area contributed by atoms with Gasteiger partial charge in [-0.3, -0.25) is 0 Å². The van der Waals surface area contributed by atoms with E-state index in [1.165, 1.54) is 50.0 Å². The first-order valence-corrected chi connectivity index (χ1v) is 9.35. The zero-order valence-electron chi connectivity index (χ0n) is 12.7. The molecule has 0 radical (unpaired) electrons. The van der Waals surface area contributed by atoms with Gasteiger partial charge in [-0.1, -0.05) is 18.9 Å². The molecule has 4 rings (SSSR count). The van der Waals surface area contributed by atoms with Crippen LogP contribution in [0.5, 0.6) is 0 Å². The third-order valence-electron chi connectivity index (χ3n) is 6.32. The molecule has 2 heteroatoms. The number of likely N-dealkylation sites (N-methyl/N-ethyl adjacent to an activating group) is 1. The number of hydrogen-bond donors (Lipinski definition) is 0. The van der Waals surface area contributed by atoms with Crippen molar-refractivity contribution in [3.05, 3.63) is 29.3 Å². The predicted molar refractivity (Wildman–Crippen MR) is 86.6 cm³/mol. The Balaban J connectivity index is 1.88. The Bertz CT molecular complexity index is 526. The zero-order valence-corrected chi connectivity index (χ0v) is 13.5. The number of likely N-dealkylation sites (tertiary alicyclic amines) is 1. The van der Waals surface area contributed by atoms with Crippen LogP contribution >= 0.6 is 11.8 Å². The highest BCUT2D eigenvalue weighted by molar-refractivity contribution is 7.98. The van der Waals surface area contributed by atoms with Gasteiger partial charge in [0.15, 0.2) is 0 Å². The first kappa shape index (κ1) is 13.2. The third-order valence-corrected chi connectivity index (χ3v) is 7.05. The molecule has 2 fully saturated rings. The molecule has 1 heterocycles. The maximum Gasteiger partial charge on any atom is 0.0169 e. The highest BCUT2D eigenvalue weighted by atomic mass is 32.2. The second-order valence-corrected chi connectivity index (χ2v) is 7.91. The molecule has 20 heavy (non-hydrogen) atoms. The quantitative estimate of drug-likeness (QED) is 0.716. The lowest BCUT2D eigenvalue weighted by Crippen LogP contribution is -2.59. The van der Waals surface area contributed by atoms with Crippen molar-refractivity contribution >= 4 is 11.8 Å². The average molecular weight is 287 g/mol. The van der Waals surface area contributed by atoms with Gasteiger partial charge in [0.05, 0.1) is 0 Å². The number of thioether (sulfide) groups is 1. The van der Waals surface area contributed by atoms with Crippen molar-refractivity contribution in [1.82, 2.24) is 4.90 Å². The Morgan fingerprint density at radius 1 is 1.25 bits per heavy atom. The SMILES string of the molecule is CSc1ccc2c(c1)[C@]13CCCC[C@@H]1[C@H](C2)N(C)CC3. The Kier molecular flexibility index (Phi) is 3.15. The van der Waals surface area contributed by atoms with Gasteiger partial charge in [0.25, 0.3) is 0 Å². The summed E-state index contributed by atoms with van der Waals surface area (Å²) in [7, 11) is 2.35. The van der Waals surface area contributed by atoms with Crippen molar-refractivity contribution in [3.8, 4) is 0 Å². The number of hydrogen-bond acceptors (Lipinski definition) is 2. The van der Waals surface area contributed by atoms with Gasteiger partial charge in [0, 0.05) is 16.4 Å². The summed E-state index contributed by atoms with van der Waals surface area (Å²) in [6, 6.07) is 8.11. The van der Waals surface area contributed by atoms with E-state index in [4.69, 9.17) is 0 Å². The molecule has 0 unspecified atom stereocenters. The molecule has 0 N–H and O–H groups in total. The summed E-state index contributed by atoms with van der Waals surface area (Å²) in [4.78, 5) is 4.11. The Hall–Kier alpha value is -0.470. The molecule has 0 amide bonds. The van der Waals surface area contributed by atoms with Crippen molar-refractivity contribution in [2.45, 2.75) is 54.9 Å². The van der Waals surface area contributed by atoms with Gasteiger partial charge in [-0.2, -0.15) is 0 Å². The Labute approximate surface area is 127 Å². The van der Waals surface area contributed by atoms with Crippen LogP contribution in [0, 0.1) is 5.92 Å². The summed E-state index contributed by atoms with van der Waals surface area (Å²) in [5.74, 6) is 0.916. The van der Waals surface area contributed by atoms with E-state index >= 15 is 0 Å². The molecule has 0 spiro atoms. The maximum atomic E-state index is 2.65. The van der Waals surface area contributed by atoms with Gasteiger partial charge >= 0.3 is 0 Å². The van der Waals surface area contributed by atoms with Crippen LogP contribution in [-0.2, 0) is 11.8 Å². The standard InChI is InChI=1S/C18H25NS/c1-19-10-9-18-8-4-3-5-15(18)17(19)11-13-6-7-14(20-2)12-16(13)18/h6-7,12,15,17H,3-5,8-11H2,1-2H3/t15-,17+,18+/m1/s1. The fraction of sp³-hybridized carbons (Fsp3) is 0.667. The molecule has 1 aliphatic heterocycles. The van der Waals surface area contributed by atoms with Crippen LogP contribution in [0.4, 0.5) is 0 Å². The molecule has 3 atom stereocenters. The lowest BCUT2D eigenvalue weighted by atomic mass is 9.52. The first-order valence-electron chi connectivity index (χ1n) is 8.12. The molecular weight excluding hydrogens is 262 g/mol. The van der Waals surface area contributed by atoms with Crippen LogP contribution < -0.4 is 0 Å². The van der Waals surface area contributed by atoms with Gasteiger partial charge < -0.3 is 4.90 Å². The molecule has 1 nitrogen and oxygen atoms in total. The maximum absolute atomic E-state index is 2.65. The summed E-state index contributed by atoms with van der Waals surface area (Å²) >= 11 is 1.90. The average Bonchev–Trinajstić information content (AvgIpc) is 2.50. The van der Waals surface area contributed by atoms with Crippen molar-refractivity contribution < 1.29 is 0 Å². The minimum Gasteiger partial charge on any atom is -0.303 e. The van der Waals surface area contributed by atoms with E-state index in [-0.39, 0.29) is 0 Å². The fourth-order valence-corrected chi connectivity index (χ4v) is 5.74. The molecule has 2 aliphatic carbocycles. The monoisotopic (exact) mass is 287 g/mol. The minimum atomic E-state index is 0.523. The van der Waals surface area contributed by atoms with Crippen molar-refractivity contribution in [1.29, 1.82) is 0 Å². The van der Waals surface area contributed by atoms with Crippen molar-refractivity contribution in [3.63, 3.8) is 0 Å². The van der Waals surface area contributed by atoms with Gasteiger partial charge in [0.1, 0.15) is 0 Å². The number of rotatable bonds is 1. The van der Waals surface area contributed by atoms with E-state index < -0.39 is 0 Å². The normalized spacial score (nSPS) is 36.3. The van der Waals surface area contributed by atoms with Crippen LogP contribution in [0.2, 0.25) is 0 Å². The predicted octanol–water partition coefficient (Wildman–Crippen LogP) is 4.10. The summed E-state index contributed by atoms with van der Waals surface area (Å²) in [5.41, 5.74) is 3.91. The minimum absolute atomic E-state index is 0.523. The molecule has 3 aliphatic rings. The third kappa shape index (κ3) is 1.74. The molecule has 1 saturated heterocycles. The van der Waals surface area contributed by atoms with Gasteiger partial charge in [-0.25, -0.2) is 0 Å². The summed E-state index contributed by atoms with van der Waals surface area (Å²) < 4.78 is 0. The summed E-state index contributed by atoms with van der Waals surface area (Å²) in [6.45, 7) is 1.30. The van der Waals surface area contributed by atoms with Crippen LogP contribution in [-0.4, -0.2) is 30.8 Å². The molecule has 1 saturated carbocycles. The highest BCUT2D eigenvalue weighted by Crippen LogP contribution is 2.55. The lowest BCUT2D eigenvalue weighted by Gasteiger charge is -2.58. The lowest BCUT2D eigenvalue weighted by molar-refractivity contribution is 0.00272. The smallest absolute Gasteiger partial charge is 0.0169 e. The van der Waals surface area contributed by atoms with Gasteiger partial charge in [-0.05, 0) is 74.7 Å². The van der Waals surface area contributed by atoms with Crippen LogP contribution in [0.25, 0.3) is 0 Å². The molecule has 108 valence electrons. The fourth-order valence-electron chi connectivity index (χ4n) is 5.30. The van der Waals surface area contributed by atoms with E-state index in [1.54, 1.807) is 11.1 Å². The number of nitrogens with zero attached hydrogens (tertiary/aromatic N) is 1. The number of fused-ring (bicyclic) bond motifs is 1. The second-order valence-electron chi connectivity index (χ2n) is 7.03. The van der Waals surface area contributed by atoms with Crippen molar-refractivity contribution in [2.24, 2.45) is 5.92 Å². The van der Waals surface area contributed by atoms with Crippen molar-refractivity contribution in [2.75, 3.05) is 19.8 Å². The van der Waals surface area contributed by atoms with E-state index in [9.17, 15) is 0 Å². The summed E-state index contributed by atoms with van der Waals surface area (Å²) in [6.07, 6.45) is 10.7. The van der Waals surface area contributed by atoms with Crippen LogP contribution in [0.3, 0.4) is 0 Å². The number of piperidine rings is 1. The molecule has 0 aromatic heterocycles. The van der Waals surface area contributed by atoms with Crippen LogP contribution in [0.15, 0.2) is 23.1 Å². The van der Waals surface area contributed by atoms with E-state index in [2.05, 4.69) is 36.4 Å². The van der Waals surface area contributed by atoms with E-state index in [1.807, 2.05) is 11.8 Å². The number of benzene rings is 1. The molecule has 1 aromatic rings. The van der Waals surface area contributed by atoms with Gasteiger partial charge in [0.2, 0.25) is 0 Å².